The van der Waals surface area contributed by atoms with Crippen LogP contribution in [-0.4, -0.2) is 52.3 Å². The van der Waals surface area contributed by atoms with E-state index in [1.807, 2.05) is 53.4 Å². The number of methoxy groups -OCH3 is 1. The molecule has 0 bridgehead atoms. The van der Waals surface area contributed by atoms with Crippen LogP contribution in [0.25, 0.3) is 5.69 Å². The molecule has 4 rings (SSSR count). The van der Waals surface area contributed by atoms with E-state index >= 15 is 0 Å². The summed E-state index contributed by atoms with van der Waals surface area (Å²) in [6.45, 7) is 2.12. The number of amides is 1. The van der Waals surface area contributed by atoms with Crippen molar-refractivity contribution in [3.63, 3.8) is 0 Å². The van der Waals surface area contributed by atoms with Crippen LogP contribution in [0.1, 0.15) is 22.0 Å². The van der Waals surface area contributed by atoms with E-state index in [-0.39, 0.29) is 24.4 Å². The molecule has 1 fully saturated rings. The molecule has 1 aromatic heterocycles. The number of halogens is 1. The number of carbonyl (C=O) groups excluding carboxylic acids is 1. The van der Waals surface area contributed by atoms with Gasteiger partial charge >= 0.3 is 0 Å². The highest BCUT2D eigenvalue weighted by molar-refractivity contribution is 5.94. The van der Waals surface area contributed by atoms with Crippen LogP contribution in [0.15, 0.2) is 61.2 Å². The molecule has 1 aliphatic heterocycles. The molecule has 2 aromatic carbocycles. The van der Waals surface area contributed by atoms with Crippen LogP contribution in [0.3, 0.4) is 0 Å². The molecule has 1 N–H and O–H groups in total. The van der Waals surface area contributed by atoms with Crippen molar-refractivity contribution in [2.75, 3.05) is 26.7 Å². The summed E-state index contributed by atoms with van der Waals surface area (Å²) >= 11 is 0. The summed E-state index contributed by atoms with van der Waals surface area (Å²) in [5, 5.41) is 11.0. The number of piperazine rings is 1. The number of hydrogen-bond donors (Lipinski definition) is 1. The first-order chi connectivity index (χ1) is 13.3. The summed E-state index contributed by atoms with van der Waals surface area (Å²) in [6.07, 6.45) is 3.26. The van der Waals surface area contributed by atoms with Crippen molar-refractivity contribution in [3.05, 3.63) is 72.3 Å². The molecule has 1 saturated heterocycles. The third-order valence-electron chi connectivity index (χ3n) is 4.83. The van der Waals surface area contributed by atoms with Crippen LogP contribution in [0.4, 0.5) is 0 Å². The van der Waals surface area contributed by atoms with Gasteiger partial charge in [0.1, 0.15) is 18.4 Å². The van der Waals surface area contributed by atoms with Gasteiger partial charge in [-0.25, -0.2) is 0 Å². The number of aromatic nitrogens is 3. The highest BCUT2D eigenvalue weighted by Gasteiger charge is 2.30. The zero-order valence-corrected chi connectivity index (χ0v) is 16.3. The van der Waals surface area contributed by atoms with Crippen LogP contribution in [0, 0.1) is 0 Å². The lowest BCUT2D eigenvalue weighted by molar-refractivity contribution is 0.0631. The predicted octanol–water partition coefficient (Wildman–Crippen LogP) is 2.48. The molecule has 0 saturated carbocycles. The minimum atomic E-state index is -0.0695. The Hall–Kier alpha value is -2.90. The molecular formula is C20H22ClN5O2. The third kappa shape index (κ3) is 3.85. The number of hydrogen-bond acceptors (Lipinski definition) is 5. The van der Waals surface area contributed by atoms with E-state index in [1.165, 1.54) is 0 Å². The number of carbonyl (C=O) groups is 1. The molecule has 7 nitrogen and oxygen atoms in total. The average molecular weight is 400 g/mol. The van der Waals surface area contributed by atoms with Gasteiger partial charge in [-0.2, -0.15) is 0 Å². The van der Waals surface area contributed by atoms with Crippen molar-refractivity contribution in [1.29, 1.82) is 0 Å². The molecule has 1 amide bonds. The van der Waals surface area contributed by atoms with Crippen molar-refractivity contribution >= 4 is 18.3 Å². The first-order valence-corrected chi connectivity index (χ1v) is 8.87. The first kappa shape index (κ1) is 19.9. The molecule has 2 heterocycles. The van der Waals surface area contributed by atoms with Gasteiger partial charge in [0.05, 0.1) is 13.2 Å². The lowest BCUT2D eigenvalue weighted by Crippen LogP contribution is -2.48. The molecule has 1 unspecified atom stereocenters. The highest BCUT2D eigenvalue weighted by atomic mass is 35.5. The van der Waals surface area contributed by atoms with Gasteiger partial charge in [0.25, 0.3) is 5.91 Å². The second-order valence-electron chi connectivity index (χ2n) is 6.38. The second-order valence-corrected chi connectivity index (χ2v) is 6.38. The Morgan fingerprint density at radius 2 is 1.82 bits per heavy atom. The number of benzene rings is 2. The Bertz CT molecular complexity index is 915. The Morgan fingerprint density at radius 3 is 2.54 bits per heavy atom. The lowest BCUT2D eigenvalue weighted by Gasteiger charge is -2.37. The lowest BCUT2D eigenvalue weighted by atomic mass is 10.0. The molecular weight excluding hydrogens is 378 g/mol. The van der Waals surface area contributed by atoms with Gasteiger partial charge in [-0.3, -0.25) is 9.36 Å². The van der Waals surface area contributed by atoms with Gasteiger partial charge in [0.15, 0.2) is 0 Å². The van der Waals surface area contributed by atoms with E-state index in [0.29, 0.717) is 18.7 Å². The Balaban J connectivity index is 0.00000225. The maximum atomic E-state index is 13.2. The fraction of sp³-hybridized carbons (Fsp3) is 0.250. The molecule has 0 aliphatic carbocycles. The summed E-state index contributed by atoms with van der Waals surface area (Å²) in [4.78, 5) is 15.1. The van der Waals surface area contributed by atoms with E-state index in [4.69, 9.17) is 4.74 Å². The number of nitrogens with zero attached hydrogens (tertiary/aromatic N) is 4. The number of nitrogens with one attached hydrogen (secondary N) is 1. The molecule has 146 valence electrons. The number of rotatable bonds is 4. The third-order valence-corrected chi connectivity index (χ3v) is 4.83. The second kappa shape index (κ2) is 8.86. The monoisotopic (exact) mass is 399 g/mol. The molecule has 8 heteroatoms. The van der Waals surface area contributed by atoms with Gasteiger partial charge < -0.3 is 15.0 Å². The Kier molecular flexibility index (Phi) is 6.28. The quantitative estimate of drug-likeness (QED) is 0.729. The standard InChI is InChI=1S/C20H21N5O2.ClH/c1-27-19-5-3-2-4-17(19)18-12-21-10-11-25(18)20(26)15-6-8-16(9-7-15)24-13-22-23-14-24;/h2-9,13-14,18,21H,10-12H2,1H3;1H. The van der Waals surface area contributed by atoms with Crippen LogP contribution in [0.5, 0.6) is 5.75 Å². The van der Waals surface area contributed by atoms with Crippen LogP contribution in [-0.2, 0) is 0 Å². The zero-order chi connectivity index (χ0) is 18.6. The Labute approximate surface area is 169 Å². The van der Waals surface area contributed by atoms with Crippen LogP contribution in [0.2, 0.25) is 0 Å². The normalized spacial score (nSPS) is 16.3. The maximum absolute atomic E-state index is 13.2. The molecule has 3 aromatic rings. The van der Waals surface area contributed by atoms with Crippen molar-refractivity contribution in [2.24, 2.45) is 0 Å². The summed E-state index contributed by atoms with van der Waals surface area (Å²) in [6, 6.07) is 15.3. The first-order valence-electron chi connectivity index (χ1n) is 8.87. The molecule has 0 spiro atoms. The minimum absolute atomic E-state index is 0. The van der Waals surface area contributed by atoms with Crippen molar-refractivity contribution in [3.8, 4) is 11.4 Å². The molecule has 1 aliphatic rings. The van der Waals surface area contributed by atoms with Gasteiger partial charge in [-0.15, -0.1) is 22.6 Å². The van der Waals surface area contributed by atoms with Crippen LogP contribution < -0.4 is 10.1 Å². The van der Waals surface area contributed by atoms with E-state index in [1.54, 1.807) is 24.3 Å². The van der Waals surface area contributed by atoms with E-state index in [9.17, 15) is 4.79 Å². The summed E-state index contributed by atoms with van der Waals surface area (Å²) < 4.78 is 7.31. The SMILES string of the molecule is COc1ccccc1C1CNCCN1C(=O)c1ccc(-n2cnnc2)cc1.Cl. The largest absolute Gasteiger partial charge is 0.496 e. The Morgan fingerprint density at radius 1 is 1.11 bits per heavy atom. The molecule has 0 radical (unpaired) electrons. The fourth-order valence-electron chi connectivity index (χ4n) is 3.44. The minimum Gasteiger partial charge on any atom is -0.496 e. The van der Waals surface area contributed by atoms with E-state index < -0.39 is 0 Å². The predicted molar refractivity (Wildman–Crippen MR) is 108 cm³/mol. The highest BCUT2D eigenvalue weighted by Crippen LogP contribution is 2.31. The molecule has 1 atom stereocenters. The zero-order valence-electron chi connectivity index (χ0n) is 15.5. The summed E-state index contributed by atoms with van der Waals surface area (Å²) in [7, 11) is 1.66. The van der Waals surface area contributed by atoms with E-state index in [0.717, 1.165) is 23.5 Å². The van der Waals surface area contributed by atoms with Crippen molar-refractivity contribution < 1.29 is 9.53 Å². The van der Waals surface area contributed by atoms with Crippen molar-refractivity contribution in [2.45, 2.75) is 6.04 Å². The number of ether oxygens (including phenoxy) is 1. The van der Waals surface area contributed by atoms with Gasteiger partial charge in [0.2, 0.25) is 0 Å². The van der Waals surface area contributed by atoms with Crippen molar-refractivity contribution in [1.82, 2.24) is 25.0 Å². The van der Waals surface area contributed by atoms with Gasteiger partial charge in [0, 0.05) is 36.4 Å². The maximum Gasteiger partial charge on any atom is 0.254 e. The van der Waals surface area contributed by atoms with E-state index in [2.05, 4.69) is 15.5 Å². The fourth-order valence-corrected chi connectivity index (χ4v) is 3.44. The average Bonchev–Trinajstić information content (AvgIpc) is 3.28. The topological polar surface area (TPSA) is 72.3 Å². The van der Waals surface area contributed by atoms with Gasteiger partial charge in [-0.1, -0.05) is 18.2 Å². The van der Waals surface area contributed by atoms with Gasteiger partial charge in [-0.05, 0) is 30.3 Å². The summed E-state index contributed by atoms with van der Waals surface area (Å²) in [5.41, 5.74) is 2.59. The number of para-hydroxylation sites is 1. The summed E-state index contributed by atoms with van der Waals surface area (Å²) in [5.74, 6) is 0.815. The van der Waals surface area contributed by atoms with Crippen LogP contribution >= 0.6 is 12.4 Å². The smallest absolute Gasteiger partial charge is 0.254 e. The molecule has 28 heavy (non-hydrogen) atoms.